The molecule has 152 valence electrons. The summed E-state index contributed by atoms with van der Waals surface area (Å²) < 4.78 is 13.8. The lowest BCUT2D eigenvalue weighted by Gasteiger charge is -2.29. The first-order valence-corrected chi connectivity index (χ1v) is 10.0. The number of phenolic OH excluding ortho intramolecular Hbond substituents is 1. The molecule has 2 aromatic carbocycles. The van der Waals surface area contributed by atoms with Crippen molar-refractivity contribution in [3.05, 3.63) is 65.5 Å². The third-order valence-corrected chi connectivity index (χ3v) is 6.15. The molecule has 6 heteroatoms. The highest BCUT2D eigenvalue weighted by atomic mass is 19.1. The van der Waals surface area contributed by atoms with E-state index >= 15 is 0 Å². The van der Waals surface area contributed by atoms with Gasteiger partial charge in [-0.3, -0.25) is 9.59 Å². The molecular weight excluding hydrogens is 371 g/mol. The van der Waals surface area contributed by atoms with Gasteiger partial charge < -0.3 is 14.9 Å². The van der Waals surface area contributed by atoms with Crippen LogP contribution in [0.2, 0.25) is 0 Å². The molecule has 4 rings (SSSR count). The number of carbonyl (C=O) groups is 2. The van der Waals surface area contributed by atoms with Gasteiger partial charge in [-0.05, 0) is 41.8 Å². The van der Waals surface area contributed by atoms with Gasteiger partial charge >= 0.3 is 0 Å². The van der Waals surface area contributed by atoms with Crippen LogP contribution in [0.1, 0.15) is 30.5 Å². The maximum atomic E-state index is 13.8. The summed E-state index contributed by atoms with van der Waals surface area (Å²) in [5.41, 5.74) is 1.72. The lowest BCUT2D eigenvalue weighted by atomic mass is 9.89. The fourth-order valence-electron chi connectivity index (χ4n) is 4.81. The predicted molar refractivity (Wildman–Crippen MR) is 107 cm³/mol. The monoisotopic (exact) mass is 396 g/mol. The highest BCUT2D eigenvalue weighted by Gasteiger charge is 2.49. The van der Waals surface area contributed by atoms with Gasteiger partial charge in [-0.2, -0.15) is 0 Å². The van der Waals surface area contributed by atoms with Crippen LogP contribution in [0, 0.1) is 17.7 Å². The third kappa shape index (κ3) is 3.97. The SMILES string of the molecule is CC(=O)N1C[C@H]2CN(C(=O)CCc3cccc(O)c3)C[C@H]2[C@H]1c1cccc(F)c1. The lowest BCUT2D eigenvalue weighted by Crippen LogP contribution is -2.36. The Kier molecular flexibility index (Phi) is 5.26. The van der Waals surface area contributed by atoms with E-state index in [1.54, 1.807) is 31.2 Å². The van der Waals surface area contributed by atoms with Crippen molar-refractivity contribution in [2.45, 2.75) is 25.8 Å². The molecule has 0 aliphatic carbocycles. The standard InChI is InChI=1S/C23H25FN2O3/c1-15(27)26-13-18-12-25(22(29)9-8-16-4-2-7-20(28)10-16)14-21(18)23(26)17-5-3-6-19(24)11-17/h2-7,10-11,18,21,23,28H,8-9,12-14H2,1H3/t18-,21-,23-/m1/s1. The number of hydrogen-bond donors (Lipinski definition) is 1. The van der Waals surface area contributed by atoms with Gasteiger partial charge in [-0.25, -0.2) is 4.39 Å². The summed E-state index contributed by atoms with van der Waals surface area (Å²) in [6.07, 6.45) is 0.954. The predicted octanol–water partition coefficient (Wildman–Crippen LogP) is 3.14. The molecule has 0 saturated carbocycles. The molecule has 2 saturated heterocycles. The van der Waals surface area contributed by atoms with E-state index in [4.69, 9.17) is 0 Å². The summed E-state index contributed by atoms with van der Waals surface area (Å²) in [6, 6.07) is 13.2. The van der Waals surface area contributed by atoms with Gasteiger partial charge in [0.25, 0.3) is 0 Å². The number of phenols is 1. The molecule has 2 fully saturated rings. The maximum Gasteiger partial charge on any atom is 0.222 e. The van der Waals surface area contributed by atoms with Gasteiger partial charge in [0, 0.05) is 44.8 Å². The average molecular weight is 396 g/mol. The van der Waals surface area contributed by atoms with E-state index in [1.165, 1.54) is 12.1 Å². The van der Waals surface area contributed by atoms with Crippen molar-refractivity contribution in [3.8, 4) is 5.75 Å². The van der Waals surface area contributed by atoms with Crippen molar-refractivity contribution in [3.63, 3.8) is 0 Å². The second kappa shape index (κ2) is 7.85. The molecule has 2 aliphatic heterocycles. The Bertz CT molecular complexity index is 932. The summed E-state index contributed by atoms with van der Waals surface area (Å²) in [5.74, 6) is 0.271. The summed E-state index contributed by atoms with van der Waals surface area (Å²) >= 11 is 0. The molecule has 2 amide bonds. The molecule has 29 heavy (non-hydrogen) atoms. The number of aryl methyl sites for hydroxylation is 1. The van der Waals surface area contributed by atoms with Crippen molar-refractivity contribution in [2.75, 3.05) is 19.6 Å². The molecule has 2 heterocycles. The van der Waals surface area contributed by atoms with E-state index in [1.807, 2.05) is 21.9 Å². The number of fused-ring (bicyclic) bond motifs is 1. The minimum absolute atomic E-state index is 0.0181. The molecular formula is C23H25FN2O3. The lowest BCUT2D eigenvalue weighted by molar-refractivity contribution is -0.131. The highest BCUT2D eigenvalue weighted by Crippen LogP contribution is 2.45. The summed E-state index contributed by atoms with van der Waals surface area (Å²) in [4.78, 5) is 28.6. The number of benzene rings is 2. The quantitative estimate of drug-likeness (QED) is 0.864. The normalized spacial score (nSPS) is 23.3. The minimum atomic E-state index is -0.313. The van der Waals surface area contributed by atoms with E-state index in [0.29, 0.717) is 32.5 Å². The molecule has 5 nitrogen and oxygen atoms in total. The second-order valence-corrected chi connectivity index (χ2v) is 8.06. The van der Waals surface area contributed by atoms with E-state index < -0.39 is 0 Å². The van der Waals surface area contributed by atoms with Gasteiger partial charge in [0.1, 0.15) is 11.6 Å². The van der Waals surface area contributed by atoms with Crippen LogP contribution in [0.25, 0.3) is 0 Å². The number of aromatic hydroxyl groups is 1. The molecule has 0 bridgehead atoms. The molecule has 1 N–H and O–H groups in total. The zero-order chi connectivity index (χ0) is 20.5. The average Bonchev–Trinajstić information content (AvgIpc) is 3.24. The van der Waals surface area contributed by atoms with Crippen LogP contribution in [0.5, 0.6) is 5.75 Å². The Morgan fingerprint density at radius 1 is 1.10 bits per heavy atom. The number of likely N-dealkylation sites (tertiary alicyclic amines) is 2. The van der Waals surface area contributed by atoms with Gasteiger partial charge in [0.05, 0.1) is 6.04 Å². The topological polar surface area (TPSA) is 60.9 Å². The highest BCUT2D eigenvalue weighted by molar-refractivity contribution is 5.77. The van der Waals surface area contributed by atoms with E-state index in [-0.39, 0.29) is 41.3 Å². The smallest absolute Gasteiger partial charge is 0.222 e. The van der Waals surface area contributed by atoms with Crippen LogP contribution in [0.4, 0.5) is 4.39 Å². The zero-order valence-corrected chi connectivity index (χ0v) is 16.4. The molecule has 2 aliphatic rings. The second-order valence-electron chi connectivity index (χ2n) is 8.06. The Hall–Kier alpha value is -2.89. The number of amides is 2. The van der Waals surface area contributed by atoms with Gasteiger partial charge in [0.15, 0.2) is 0 Å². The number of rotatable bonds is 4. The third-order valence-electron chi connectivity index (χ3n) is 6.15. The first kappa shape index (κ1) is 19.4. The van der Waals surface area contributed by atoms with Gasteiger partial charge in [0.2, 0.25) is 11.8 Å². The molecule has 3 atom stereocenters. The largest absolute Gasteiger partial charge is 0.508 e. The van der Waals surface area contributed by atoms with Crippen molar-refractivity contribution in [1.29, 1.82) is 0 Å². The zero-order valence-electron chi connectivity index (χ0n) is 16.4. The number of nitrogens with zero attached hydrogens (tertiary/aromatic N) is 2. The summed E-state index contributed by atoms with van der Waals surface area (Å²) in [6.45, 7) is 3.34. The van der Waals surface area contributed by atoms with Crippen molar-refractivity contribution < 1.29 is 19.1 Å². The van der Waals surface area contributed by atoms with Gasteiger partial charge in [-0.1, -0.05) is 24.3 Å². The summed E-state index contributed by atoms with van der Waals surface area (Å²) in [5, 5.41) is 9.57. The minimum Gasteiger partial charge on any atom is -0.508 e. The Labute approximate surface area is 169 Å². The molecule has 0 radical (unpaired) electrons. The van der Waals surface area contributed by atoms with Crippen LogP contribution in [-0.4, -0.2) is 46.4 Å². The molecule has 0 aromatic heterocycles. The fourth-order valence-corrected chi connectivity index (χ4v) is 4.81. The van der Waals surface area contributed by atoms with E-state index in [2.05, 4.69) is 0 Å². The first-order chi connectivity index (χ1) is 13.9. The molecule has 0 unspecified atom stereocenters. The Balaban J connectivity index is 1.46. The summed E-state index contributed by atoms with van der Waals surface area (Å²) in [7, 11) is 0. The number of halogens is 1. The Morgan fingerprint density at radius 2 is 1.90 bits per heavy atom. The van der Waals surface area contributed by atoms with Crippen LogP contribution in [-0.2, 0) is 16.0 Å². The number of hydrogen-bond acceptors (Lipinski definition) is 3. The Morgan fingerprint density at radius 3 is 2.62 bits per heavy atom. The van der Waals surface area contributed by atoms with E-state index in [0.717, 1.165) is 11.1 Å². The van der Waals surface area contributed by atoms with Crippen molar-refractivity contribution in [2.24, 2.45) is 11.8 Å². The fraction of sp³-hybridized carbons (Fsp3) is 0.391. The van der Waals surface area contributed by atoms with Crippen LogP contribution < -0.4 is 0 Å². The van der Waals surface area contributed by atoms with Crippen LogP contribution >= 0.6 is 0 Å². The maximum absolute atomic E-state index is 13.8. The van der Waals surface area contributed by atoms with Crippen LogP contribution in [0.15, 0.2) is 48.5 Å². The van der Waals surface area contributed by atoms with E-state index in [9.17, 15) is 19.1 Å². The van der Waals surface area contributed by atoms with Crippen LogP contribution in [0.3, 0.4) is 0 Å². The first-order valence-electron chi connectivity index (χ1n) is 10.0. The molecule has 0 spiro atoms. The molecule has 2 aromatic rings. The van der Waals surface area contributed by atoms with Crippen molar-refractivity contribution >= 4 is 11.8 Å². The number of carbonyl (C=O) groups excluding carboxylic acids is 2. The van der Waals surface area contributed by atoms with Crippen molar-refractivity contribution in [1.82, 2.24) is 9.80 Å². The van der Waals surface area contributed by atoms with Gasteiger partial charge in [-0.15, -0.1) is 0 Å².